The quantitative estimate of drug-likeness (QED) is 0.395. The monoisotopic (exact) mass is 488 g/mol. The molecule has 0 radical (unpaired) electrons. The maximum absolute atomic E-state index is 15.1. The van der Waals surface area contributed by atoms with Gasteiger partial charge in [0.1, 0.15) is 11.6 Å². The van der Waals surface area contributed by atoms with E-state index in [4.69, 9.17) is 11.6 Å². The highest BCUT2D eigenvalue weighted by atomic mass is 35.5. The molecule has 6 nitrogen and oxygen atoms in total. The molecule has 176 valence electrons. The summed E-state index contributed by atoms with van der Waals surface area (Å²) < 4.78 is 15.1. The molecular weight excluding hydrogens is 467 g/mol. The summed E-state index contributed by atoms with van der Waals surface area (Å²) in [6.07, 6.45) is 2.97. The third kappa shape index (κ3) is 4.19. The predicted octanol–water partition coefficient (Wildman–Crippen LogP) is 5.30. The molecule has 1 amide bonds. The van der Waals surface area contributed by atoms with Crippen molar-refractivity contribution in [2.24, 2.45) is 0 Å². The Kier molecular flexibility index (Phi) is 6.09. The molecule has 0 spiro atoms. The van der Waals surface area contributed by atoms with Crippen LogP contribution in [0.5, 0.6) is 5.75 Å². The van der Waals surface area contributed by atoms with Crippen LogP contribution in [0.2, 0.25) is 5.02 Å². The first kappa shape index (κ1) is 22.8. The van der Waals surface area contributed by atoms with Crippen LogP contribution < -0.4 is 4.90 Å². The summed E-state index contributed by atoms with van der Waals surface area (Å²) in [5, 5.41) is 21.3. The Labute approximate surface area is 206 Å². The smallest absolute Gasteiger partial charge is 0.246 e. The third-order valence-corrected chi connectivity index (χ3v) is 6.60. The van der Waals surface area contributed by atoms with Crippen LogP contribution in [0, 0.1) is 5.82 Å². The zero-order valence-corrected chi connectivity index (χ0v) is 19.5. The number of anilines is 1. The molecule has 5 rings (SSSR count). The molecule has 1 aliphatic rings. The summed E-state index contributed by atoms with van der Waals surface area (Å²) in [5.74, 6) is -0.179. The number of nitrogens with zero attached hydrogens (tertiary/aromatic N) is 4. The van der Waals surface area contributed by atoms with Crippen molar-refractivity contribution < 1.29 is 14.3 Å². The average molecular weight is 489 g/mol. The second-order valence-corrected chi connectivity index (χ2v) is 8.69. The number of carbonyl (C=O) groups is 1. The number of phenolic OH excluding ortho intramolecular Hbond substituents is 1. The van der Waals surface area contributed by atoms with Crippen molar-refractivity contribution in [3.63, 3.8) is 0 Å². The minimum Gasteiger partial charge on any atom is -0.507 e. The number of amides is 1. The molecule has 0 aliphatic carbocycles. The molecule has 0 bridgehead atoms. The topological polar surface area (TPSA) is 69.6 Å². The van der Waals surface area contributed by atoms with Crippen molar-refractivity contribution in [1.29, 1.82) is 0 Å². The van der Waals surface area contributed by atoms with E-state index in [2.05, 4.69) is 21.7 Å². The van der Waals surface area contributed by atoms with Gasteiger partial charge >= 0.3 is 0 Å². The Morgan fingerprint density at radius 1 is 1.03 bits per heavy atom. The number of hydrogen-bond donors (Lipinski definition) is 1. The average Bonchev–Trinajstić information content (AvgIpc) is 2.88. The molecule has 1 aromatic heterocycles. The first-order valence-electron chi connectivity index (χ1n) is 11.2. The highest BCUT2D eigenvalue weighted by Gasteiger charge is 2.24. The summed E-state index contributed by atoms with van der Waals surface area (Å²) in [6.45, 7) is 5.76. The summed E-state index contributed by atoms with van der Waals surface area (Å²) in [5.41, 5.74) is 1.97. The van der Waals surface area contributed by atoms with Crippen molar-refractivity contribution in [3.05, 3.63) is 84.3 Å². The zero-order valence-electron chi connectivity index (χ0n) is 18.8. The van der Waals surface area contributed by atoms with Gasteiger partial charge in [0.2, 0.25) is 5.91 Å². The van der Waals surface area contributed by atoms with Gasteiger partial charge < -0.3 is 14.9 Å². The van der Waals surface area contributed by atoms with E-state index in [9.17, 15) is 9.90 Å². The molecule has 0 unspecified atom stereocenters. The second kappa shape index (κ2) is 9.35. The lowest BCUT2D eigenvalue weighted by molar-refractivity contribution is -0.126. The first-order valence-corrected chi connectivity index (χ1v) is 11.5. The normalized spacial score (nSPS) is 13.8. The molecular formula is C27H22ClFN4O2. The van der Waals surface area contributed by atoms with Gasteiger partial charge in [0.15, 0.2) is 5.82 Å². The van der Waals surface area contributed by atoms with Gasteiger partial charge in [0.05, 0.1) is 11.8 Å². The van der Waals surface area contributed by atoms with Gasteiger partial charge in [0, 0.05) is 47.5 Å². The van der Waals surface area contributed by atoms with E-state index in [0.29, 0.717) is 53.7 Å². The molecule has 1 fully saturated rings. The Morgan fingerprint density at radius 2 is 1.80 bits per heavy atom. The Morgan fingerprint density at radius 3 is 2.51 bits per heavy atom. The number of aromatic nitrogens is 2. The van der Waals surface area contributed by atoms with Gasteiger partial charge in [-0.05, 0) is 47.5 Å². The van der Waals surface area contributed by atoms with Crippen LogP contribution in [0.3, 0.4) is 0 Å². The summed E-state index contributed by atoms with van der Waals surface area (Å²) in [7, 11) is 0. The van der Waals surface area contributed by atoms with Crippen molar-refractivity contribution in [1.82, 2.24) is 15.1 Å². The minimum atomic E-state index is -0.544. The molecule has 4 aromatic rings. The maximum atomic E-state index is 15.1. The van der Waals surface area contributed by atoms with Crippen molar-refractivity contribution >= 4 is 34.1 Å². The third-order valence-electron chi connectivity index (χ3n) is 6.27. The number of piperazine rings is 1. The van der Waals surface area contributed by atoms with E-state index in [1.54, 1.807) is 17.2 Å². The maximum Gasteiger partial charge on any atom is 0.246 e. The standard InChI is InChI=1S/C27H22ClFN4O2/c1-2-25(35)32-10-12-33(13-11-32)27-19-15-21(26-23(29)8-5-9-24(26)34)20(14-17(19)16-30-31-27)18-6-3-4-7-22(18)28/h2-9,14-16,34H,1,10-13H2. The molecule has 1 aliphatic heterocycles. The van der Waals surface area contributed by atoms with Crippen LogP contribution in [0.25, 0.3) is 33.0 Å². The molecule has 2 heterocycles. The van der Waals surface area contributed by atoms with Crippen molar-refractivity contribution in [2.75, 3.05) is 31.1 Å². The van der Waals surface area contributed by atoms with Crippen LogP contribution in [-0.4, -0.2) is 52.3 Å². The van der Waals surface area contributed by atoms with E-state index in [1.165, 1.54) is 24.3 Å². The van der Waals surface area contributed by atoms with Gasteiger partial charge in [-0.1, -0.05) is 42.4 Å². The number of aromatic hydroxyl groups is 1. The number of fused-ring (bicyclic) bond motifs is 1. The number of hydrogen-bond acceptors (Lipinski definition) is 5. The fraction of sp³-hybridized carbons (Fsp3) is 0.148. The molecule has 35 heavy (non-hydrogen) atoms. The van der Waals surface area contributed by atoms with Crippen LogP contribution in [0.15, 0.2) is 73.4 Å². The lowest BCUT2D eigenvalue weighted by atomic mass is 9.91. The minimum absolute atomic E-state index is 0.0912. The number of benzene rings is 3. The lowest BCUT2D eigenvalue weighted by Gasteiger charge is -2.35. The number of carbonyl (C=O) groups excluding carboxylic acids is 1. The molecule has 1 saturated heterocycles. The second-order valence-electron chi connectivity index (χ2n) is 8.28. The fourth-order valence-corrected chi connectivity index (χ4v) is 4.74. The highest BCUT2D eigenvalue weighted by molar-refractivity contribution is 6.33. The highest BCUT2D eigenvalue weighted by Crippen LogP contribution is 2.43. The van der Waals surface area contributed by atoms with E-state index in [-0.39, 0.29) is 17.2 Å². The van der Waals surface area contributed by atoms with Gasteiger partial charge in [-0.2, -0.15) is 5.10 Å². The van der Waals surface area contributed by atoms with Crippen molar-refractivity contribution in [2.45, 2.75) is 0 Å². The Bertz CT molecular complexity index is 1430. The number of phenols is 1. The predicted molar refractivity (Wildman–Crippen MR) is 136 cm³/mol. The first-order chi connectivity index (χ1) is 17.0. The molecule has 0 saturated carbocycles. The fourth-order valence-electron chi connectivity index (χ4n) is 4.51. The summed E-state index contributed by atoms with van der Waals surface area (Å²) in [6, 6.07) is 15.3. The van der Waals surface area contributed by atoms with Gasteiger partial charge in [0.25, 0.3) is 0 Å². The van der Waals surface area contributed by atoms with Crippen LogP contribution >= 0.6 is 11.6 Å². The van der Waals surface area contributed by atoms with Gasteiger partial charge in [-0.15, -0.1) is 5.10 Å². The number of rotatable bonds is 4. The number of halogens is 2. The van der Waals surface area contributed by atoms with Gasteiger partial charge in [-0.3, -0.25) is 4.79 Å². The molecule has 0 atom stereocenters. The Balaban J connectivity index is 1.69. The van der Waals surface area contributed by atoms with E-state index in [0.717, 1.165) is 10.8 Å². The molecule has 8 heteroatoms. The van der Waals surface area contributed by atoms with E-state index in [1.807, 2.05) is 30.3 Å². The molecule has 3 aromatic carbocycles. The van der Waals surface area contributed by atoms with E-state index >= 15 is 4.39 Å². The Hall–Kier alpha value is -3.97. The zero-order chi connectivity index (χ0) is 24.5. The lowest BCUT2D eigenvalue weighted by Crippen LogP contribution is -2.48. The van der Waals surface area contributed by atoms with Gasteiger partial charge in [-0.25, -0.2) is 4.39 Å². The van der Waals surface area contributed by atoms with Crippen LogP contribution in [0.4, 0.5) is 10.2 Å². The summed E-state index contributed by atoms with van der Waals surface area (Å²) in [4.78, 5) is 15.8. The SMILES string of the molecule is C=CC(=O)N1CCN(c2nncc3cc(-c4ccccc4Cl)c(-c4c(O)cccc4F)cc23)CC1. The van der Waals surface area contributed by atoms with E-state index < -0.39 is 5.82 Å². The largest absolute Gasteiger partial charge is 0.507 e. The van der Waals surface area contributed by atoms with Crippen LogP contribution in [0.1, 0.15) is 0 Å². The summed E-state index contributed by atoms with van der Waals surface area (Å²) >= 11 is 6.52. The van der Waals surface area contributed by atoms with Crippen LogP contribution in [-0.2, 0) is 4.79 Å². The van der Waals surface area contributed by atoms with Crippen molar-refractivity contribution in [3.8, 4) is 28.0 Å². The molecule has 1 N–H and O–H groups in total.